The Labute approximate surface area is 181 Å². The number of methoxy groups -OCH3 is 1. The molecular formula is C26H22N2O3. The Bertz CT molecular complexity index is 1210. The third-order valence-corrected chi connectivity index (χ3v) is 5.89. The van der Waals surface area contributed by atoms with Gasteiger partial charge in [0.15, 0.2) is 0 Å². The van der Waals surface area contributed by atoms with Gasteiger partial charge in [0.1, 0.15) is 11.4 Å². The largest absolute Gasteiger partial charge is 0.497 e. The third-order valence-electron chi connectivity index (χ3n) is 5.89. The molecule has 0 N–H and O–H groups in total. The summed E-state index contributed by atoms with van der Waals surface area (Å²) in [6.07, 6.45) is 0.835. The van der Waals surface area contributed by atoms with Crippen LogP contribution in [0.1, 0.15) is 16.7 Å². The van der Waals surface area contributed by atoms with E-state index in [0.717, 1.165) is 17.7 Å². The van der Waals surface area contributed by atoms with Gasteiger partial charge in [0.2, 0.25) is 0 Å². The molecule has 0 spiro atoms. The second kappa shape index (κ2) is 7.43. The van der Waals surface area contributed by atoms with Crippen LogP contribution in [0.2, 0.25) is 0 Å². The van der Waals surface area contributed by atoms with Crippen LogP contribution >= 0.6 is 0 Å². The van der Waals surface area contributed by atoms with Crippen molar-refractivity contribution in [2.45, 2.75) is 13.3 Å². The van der Waals surface area contributed by atoms with E-state index in [0.29, 0.717) is 34.8 Å². The molecule has 0 fully saturated rings. The van der Waals surface area contributed by atoms with Gasteiger partial charge in [0.25, 0.3) is 11.8 Å². The first kappa shape index (κ1) is 19.1. The molecule has 0 radical (unpaired) electrons. The molecule has 3 aromatic carbocycles. The second-order valence-electron chi connectivity index (χ2n) is 7.76. The number of anilines is 2. The van der Waals surface area contributed by atoms with Crippen molar-refractivity contribution in [2.75, 3.05) is 23.5 Å². The molecule has 0 aliphatic carbocycles. The van der Waals surface area contributed by atoms with E-state index in [2.05, 4.69) is 6.07 Å². The van der Waals surface area contributed by atoms with E-state index in [9.17, 15) is 9.59 Å². The lowest BCUT2D eigenvalue weighted by Gasteiger charge is -2.22. The number of aryl methyl sites for hydroxylation is 1. The van der Waals surface area contributed by atoms with Gasteiger partial charge >= 0.3 is 0 Å². The number of carbonyl (C=O) groups excluding carboxylic acids is 2. The minimum atomic E-state index is -0.307. The highest BCUT2D eigenvalue weighted by atomic mass is 16.5. The first-order chi connectivity index (χ1) is 15.1. The molecule has 0 saturated carbocycles. The smallest absolute Gasteiger partial charge is 0.282 e. The first-order valence-electron chi connectivity index (χ1n) is 10.3. The highest BCUT2D eigenvalue weighted by Crippen LogP contribution is 2.40. The summed E-state index contributed by atoms with van der Waals surface area (Å²) in [4.78, 5) is 30.6. The van der Waals surface area contributed by atoms with Gasteiger partial charge in [-0.15, -0.1) is 0 Å². The number of imide groups is 1. The third kappa shape index (κ3) is 3.10. The first-order valence-corrected chi connectivity index (χ1v) is 10.3. The summed E-state index contributed by atoms with van der Waals surface area (Å²) < 4.78 is 5.27. The predicted octanol–water partition coefficient (Wildman–Crippen LogP) is 4.35. The Morgan fingerprint density at radius 3 is 2.26 bits per heavy atom. The molecule has 2 amide bonds. The highest BCUT2D eigenvalue weighted by Gasteiger charge is 2.44. The maximum Gasteiger partial charge on any atom is 0.282 e. The normalized spacial score (nSPS) is 15.7. The number of amides is 2. The van der Waals surface area contributed by atoms with Crippen molar-refractivity contribution in [1.29, 1.82) is 0 Å². The number of ether oxygens (including phenoxy) is 1. The van der Waals surface area contributed by atoms with Gasteiger partial charge in [-0.25, -0.2) is 4.90 Å². The number of fused-ring (bicyclic) bond motifs is 1. The van der Waals surface area contributed by atoms with Crippen molar-refractivity contribution in [2.24, 2.45) is 0 Å². The van der Waals surface area contributed by atoms with Gasteiger partial charge in [-0.2, -0.15) is 0 Å². The maximum absolute atomic E-state index is 13.7. The number of para-hydroxylation sites is 1. The SMILES string of the molecule is COc1ccc(C2=C(N3CCc4ccccc43)C(=O)N(c3ccc(C)cc3)C2=O)cc1. The molecule has 0 aromatic heterocycles. The summed E-state index contributed by atoms with van der Waals surface area (Å²) in [7, 11) is 1.60. The van der Waals surface area contributed by atoms with Crippen LogP contribution in [0.15, 0.2) is 78.5 Å². The fourth-order valence-electron chi connectivity index (χ4n) is 4.29. The van der Waals surface area contributed by atoms with E-state index in [4.69, 9.17) is 4.74 Å². The number of hydrogen-bond acceptors (Lipinski definition) is 4. The summed E-state index contributed by atoms with van der Waals surface area (Å²) in [5.74, 6) is 0.0966. The zero-order valence-corrected chi connectivity index (χ0v) is 17.5. The Morgan fingerprint density at radius 1 is 0.839 bits per heavy atom. The predicted molar refractivity (Wildman–Crippen MR) is 121 cm³/mol. The summed E-state index contributed by atoms with van der Waals surface area (Å²) in [6, 6.07) is 22.8. The summed E-state index contributed by atoms with van der Waals surface area (Å²) in [5, 5.41) is 0. The van der Waals surface area contributed by atoms with Gasteiger partial charge in [-0.1, -0.05) is 48.0 Å². The Balaban J connectivity index is 1.67. The van der Waals surface area contributed by atoms with Crippen LogP contribution in [0.4, 0.5) is 11.4 Å². The van der Waals surface area contributed by atoms with Crippen LogP contribution in [-0.4, -0.2) is 25.5 Å². The van der Waals surface area contributed by atoms with Crippen molar-refractivity contribution >= 4 is 28.8 Å². The highest BCUT2D eigenvalue weighted by molar-refractivity contribution is 6.46. The molecule has 5 rings (SSSR count). The van der Waals surface area contributed by atoms with Crippen LogP contribution in [-0.2, 0) is 16.0 Å². The van der Waals surface area contributed by atoms with Crippen molar-refractivity contribution in [1.82, 2.24) is 0 Å². The molecule has 154 valence electrons. The quantitative estimate of drug-likeness (QED) is 0.600. The molecule has 3 aromatic rings. The monoisotopic (exact) mass is 410 g/mol. The minimum absolute atomic E-state index is 0.295. The Kier molecular flexibility index (Phi) is 4.59. The van der Waals surface area contributed by atoms with Crippen molar-refractivity contribution in [3.05, 3.63) is 95.2 Å². The van der Waals surface area contributed by atoms with E-state index in [1.807, 2.05) is 78.6 Å². The van der Waals surface area contributed by atoms with Crippen LogP contribution in [0.25, 0.3) is 5.57 Å². The van der Waals surface area contributed by atoms with E-state index in [1.165, 1.54) is 10.5 Å². The van der Waals surface area contributed by atoms with E-state index in [-0.39, 0.29) is 11.8 Å². The standard InChI is InChI=1S/C26H22N2O3/c1-17-7-11-20(12-8-17)28-25(29)23(19-9-13-21(31-2)14-10-19)24(26(28)30)27-16-15-18-5-3-4-6-22(18)27/h3-14H,15-16H2,1-2H3. The molecule has 0 atom stereocenters. The Hall–Kier alpha value is -3.86. The molecule has 0 unspecified atom stereocenters. The maximum atomic E-state index is 13.7. The van der Waals surface area contributed by atoms with Crippen LogP contribution < -0.4 is 14.5 Å². The molecule has 0 saturated heterocycles. The molecule has 2 aliphatic rings. The molecule has 2 aliphatic heterocycles. The lowest BCUT2D eigenvalue weighted by Crippen LogP contribution is -2.34. The summed E-state index contributed by atoms with van der Waals surface area (Å²) in [6.45, 7) is 2.64. The molecule has 5 nitrogen and oxygen atoms in total. The summed E-state index contributed by atoms with van der Waals surface area (Å²) in [5.41, 5.74) is 5.36. The number of nitrogens with zero attached hydrogens (tertiary/aromatic N) is 2. The van der Waals surface area contributed by atoms with Gasteiger partial charge in [0, 0.05) is 12.2 Å². The van der Waals surface area contributed by atoms with E-state index < -0.39 is 0 Å². The fraction of sp³-hybridized carbons (Fsp3) is 0.154. The van der Waals surface area contributed by atoms with Crippen molar-refractivity contribution in [3.63, 3.8) is 0 Å². The molecule has 0 bridgehead atoms. The van der Waals surface area contributed by atoms with Crippen LogP contribution in [0, 0.1) is 6.92 Å². The molecule has 5 heteroatoms. The average Bonchev–Trinajstić information content (AvgIpc) is 3.32. The van der Waals surface area contributed by atoms with Crippen molar-refractivity contribution < 1.29 is 14.3 Å². The van der Waals surface area contributed by atoms with Gasteiger partial charge in [-0.05, 0) is 54.8 Å². The van der Waals surface area contributed by atoms with Gasteiger partial charge in [-0.3, -0.25) is 9.59 Å². The Morgan fingerprint density at radius 2 is 1.55 bits per heavy atom. The topological polar surface area (TPSA) is 49.9 Å². The lowest BCUT2D eigenvalue weighted by atomic mass is 10.0. The van der Waals surface area contributed by atoms with Crippen LogP contribution in [0.3, 0.4) is 0 Å². The van der Waals surface area contributed by atoms with Crippen LogP contribution in [0.5, 0.6) is 5.75 Å². The molecule has 2 heterocycles. The average molecular weight is 410 g/mol. The number of carbonyl (C=O) groups is 2. The summed E-state index contributed by atoms with van der Waals surface area (Å²) >= 11 is 0. The lowest BCUT2D eigenvalue weighted by molar-refractivity contribution is -0.120. The van der Waals surface area contributed by atoms with Gasteiger partial charge < -0.3 is 9.64 Å². The minimum Gasteiger partial charge on any atom is -0.497 e. The number of hydrogen-bond donors (Lipinski definition) is 0. The van der Waals surface area contributed by atoms with E-state index in [1.54, 1.807) is 7.11 Å². The molecule has 31 heavy (non-hydrogen) atoms. The van der Waals surface area contributed by atoms with Gasteiger partial charge in [0.05, 0.1) is 18.4 Å². The van der Waals surface area contributed by atoms with E-state index >= 15 is 0 Å². The second-order valence-corrected chi connectivity index (χ2v) is 7.76. The molecular weight excluding hydrogens is 388 g/mol. The van der Waals surface area contributed by atoms with Crippen molar-refractivity contribution in [3.8, 4) is 5.75 Å². The number of benzene rings is 3. The fourth-order valence-corrected chi connectivity index (χ4v) is 4.29. The number of rotatable bonds is 4. The zero-order chi connectivity index (χ0) is 21.5. The zero-order valence-electron chi connectivity index (χ0n) is 17.5.